The molecule has 6 atom stereocenters. The van der Waals surface area contributed by atoms with E-state index in [9.17, 15) is 19.5 Å². The number of quaternary nitrogens is 1. The molecule has 0 aromatic heterocycles. The molecule has 2 N–H and O–H groups in total. The Morgan fingerprint density at radius 1 is 1.39 bits per heavy atom. The van der Waals surface area contributed by atoms with Crippen LogP contribution < -0.4 is 5.32 Å². The van der Waals surface area contributed by atoms with Gasteiger partial charge in [-0.1, -0.05) is 6.92 Å². The number of amides is 2. The van der Waals surface area contributed by atoms with Crippen LogP contribution in [0.25, 0.3) is 0 Å². The molecule has 4 heterocycles. The van der Waals surface area contributed by atoms with Crippen LogP contribution in [0.1, 0.15) is 20.3 Å². The number of aliphatic hydroxyl groups is 1. The van der Waals surface area contributed by atoms with Gasteiger partial charge < -0.3 is 24.7 Å². The number of aliphatic hydroxyl groups excluding tert-OH is 1. The van der Waals surface area contributed by atoms with Gasteiger partial charge in [0, 0.05) is 35.2 Å². The maximum Gasteiger partial charge on any atom is 0.278 e. The quantitative estimate of drug-likeness (QED) is 0.327. The van der Waals surface area contributed by atoms with Crippen molar-refractivity contribution in [3.63, 3.8) is 0 Å². The molecule has 3 fully saturated rings. The summed E-state index contributed by atoms with van der Waals surface area (Å²) in [6.45, 7) is 7.35. The highest BCUT2D eigenvalue weighted by Gasteiger charge is 2.59. The smallest absolute Gasteiger partial charge is 0.278 e. The second-order valence-electron chi connectivity index (χ2n) is 9.98. The Balaban J connectivity index is 1.40. The summed E-state index contributed by atoms with van der Waals surface area (Å²) in [6, 6.07) is 0.0109. The molecule has 0 aliphatic carbocycles. The number of piperazine rings is 1. The summed E-state index contributed by atoms with van der Waals surface area (Å²) in [5.41, 5.74) is 0.292. The number of hydrogen-bond acceptors (Lipinski definition) is 6. The van der Waals surface area contributed by atoms with E-state index in [2.05, 4.69) is 19.4 Å². The van der Waals surface area contributed by atoms with Crippen LogP contribution in [0.5, 0.6) is 0 Å². The van der Waals surface area contributed by atoms with Gasteiger partial charge in [0.05, 0.1) is 45.2 Å². The summed E-state index contributed by atoms with van der Waals surface area (Å²) in [7, 11) is 4.16. The molecule has 0 saturated carbocycles. The maximum atomic E-state index is 12.5. The van der Waals surface area contributed by atoms with Gasteiger partial charge in [0.1, 0.15) is 5.70 Å². The molecule has 0 aromatic rings. The lowest BCUT2D eigenvalue weighted by molar-refractivity contribution is -0.885. The van der Waals surface area contributed by atoms with E-state index < -0.39 is 17.3 Å². The molecular weight excluding hydrogens is 440 g/mol. The van der Waals surface area contributed by atoms with Crippen LogP contribution in [0.15, 0.2) is 10.6 Å². The highest BCUT2D eigenvalue weighted by molar-refractivity contribution is 8.03. The van der Waals surface area contributed by atoms with E-state index in [0.29, 0.717) is 18.8 Å². The average Bonchev–Trinajstić information content (AvgIpc) is 3.19. The minimum absolute atomic E-state index is 0.0391. The van der Waals surface area contributed by atoms with Crippen molar-refractivity contribution in [2.75, 3.05) is 46.8 Å². The lowest BCUT2D eigenvalue weighted by Crippen LogP contribution is -2.63. The molecule has 0 radical (unpaired) electrons. The molecule has 0 unspecified atom stereocenters. The topological polar surface area (TPSA) is 89.9 Å². The van der Waals surface area contributed by atoms with Gasteiger partial charge in [-0.3, -0.25) is 14.4 Å². The normalized spacial score (nSPS) is 36.0. The molecule has 4 rings (SSSR count). The number of β-lactam (4-membered cyclic amide) rings is 1. The van der Waals surface area contributed by atoms with Crippen LogP contribution in [0, 0.1) is 11.8 Å². The fourth-order valence-electron chi connectivity index (χ4n) is 5.37. The van der Waals surface area contributed by atoms with Crippen LogP contribution in [-0.2, 0) is 14.4 Å². The average molecular weight is 472 g/mol. The molecule has 4 aliphatic rings. The predicted octanol–water partition coefficient (Wildman–Crippen LogP) is 0.203. The van der Waals surface area contributed by atoms with E-state index in [1.807, 2.05) is 11.8 Å². The van der Waals surface area contributed by atoms with Crippen molar-refractivity contribution in [1.29, 1.82) is 0 Å². The summed E-state index contributed by atoms with van der Waals surface area (Å²) in [5, 5.41) is 13.2. The molecule has 10 heteroatoms. The molecule has 3 saturated heterocycles. The Kier molecular flexibility index (Phi) is 6.20. The summed E-state index contributed by atoms with van der Waals surface area (Å²) in [4.78, 5) is 41.5. The van der Waals surface area contributed by atoms with Crippen LogP contribution in [0.3, 0.4) is 0 Å². The summed E-state index contributed by atoms with van der Waals surface area (Å²) < 4.78 is 0.733. The van der Waals surface area contributed by atoms with Gasteiger partial charge in [-0.25, -0.2) is 0 Å². The zero-order chi connectivity index (χ0) is 22.7. The number of halogens is 1. The van der Waals surface area contributed by atoms with E-state index in [0.717, 1.165) is 35.4 Å². The van der Waals surface area contributed by atoms with E-state index in [4.69, 9.17) is 11.6 Å². The Bertz CT molecular complexity index is 832. The lowest BCUT2D eigenvalue weighted by atomic mass is 9.79. The largest absolute Gasteiger partial charge is 0.393 e. The molecule has 2 amide bonds. The first kappa shape index (κ1) is 23.0. The first-order valence-corrected chi connectivity index (χ1v) is 12.2. The molecule has 4 aliphatic heterocycles. The second kappa shape index (κ2) is 8.33. The Morgan fingerprint density at radius 3 is 2.71 bits per heavy atom. The van der Waals surface area contributed by atoms with Gasteiger partial charge in [0.25, 0.3) is 11.1 Å². The third kappa shape index (κ3) is 4.15. The van der Waals surface area contributed by atoms with Crippen molar-refractivity contribution in [3.8, 4) is 0 Å². The van der Waals surface area contributed by atoms with Crippen molar-refractivity contribution in [2.24, 2.45) is 11.8 Å². The number of carbonyl (C=O) groups is 3. The second-order valence-corrected chi connectivity index (χ2v) is 11.7. The number of nitrogens with zero attached hydrogens (tertiary/aromatic N) is 3. The Hall–Kier alpha value is -1.13. The van der Waals surface area contributed by atoms with E-state index in [1.165, 1.54) is 4.90 Å². The van der Waals surface area contributed by atoms with Crippen molar-refractivity contribution in [3.05, 3.63) is 10.6 Å². The molecule has 31 heavy (non-hydrogen) atoms. The van der Waals surface area contributed by atoms with Crippen LogP contribution in [-0.4, -0.2) is 107 Å². The summed E-state index contributed by atoms with van der Waals surface area (Å²) >= 11 is 7.50. The van der Waals surface area contributed by atoms with E-state index >= 15 is 0 Å². The molecule has 8 nitrogen and oxygen atoms in total. The first-order valence-electron chi connectivity index (χ1n) is 10.9. The molecule has 172 valence electrons. The van der Waals surface area contributed by atoms with Crippen molar-refractivity contribution in [1.82, 2.24) is 15.1 Å². The van der Waals surface area contributed by atoms with Crippen LogP contribution in [0.4, 0.5) is 0 Å². The van der Waals surface area contributed by atoms with Gasteiger partial charge in [0.15, 0.2) is 6.54 Å². The third-order valence-corrected chi connectivity index (χ3v) is 8.79. The zero-order valence-corrected chi connectivity index (χ0v) is 20.1. The predicted molar refractivity (Wildman–Crippen MR) is 119 cm³/mol. The minimum atomic E-state index is -0.754. The van der Waals surface area contributed by atoms with Crippen molar-refractivity contribution >= 4 is 40.4 Å². The Morgan fingerprint density at radius 2 is 2.10 bits per heavy atom. The summed E-state index contributed by atoms with van der Waals surface area (Å²) in [6.07, 6.45) is 0.126. The highest BCUT2D eigenvalue weighted by atomic mass is 35.5. The first-order chi connectivity index (χ1) is 14.5. The molecular formula is C21H32ClN4O4S+. The van der Waals surface area contributed by atoms with Gasteiger partial charge in [-0.15, -0.1) is 11.8 Å². The minimum Gasteiger partial charge on any atom is -0.393 e. The molecule has 0 aromatic carbocycles. The van der Waals surface area contributed by atoms with Crippen LogP contribution in [0.2, 0.25) is 0 Å². The van der Waals surface area contributed by atoms with Gasteiger partial charge in [-0.2, -0.15) is 0 Å². The van der Waals surface area contributed by atoms with Crippen molar-refractivity contribution < 1.29 is 24.0 Å². The number of rotatable bonds is 6. The van der Waals surface area contributed by atoms with E-state index in [1.54, 1.807) is 18.7 Å². The maximum absolute atomic E-state index is 12.5. The van der Waals surface area contributed by atoms with Gasteiger partial charge in [-0.05, 0) is 24.9 Å². The standard InChI is InChI=1S/C21H32ClN4O4S/c1-11-17-16(12(2)27)21(30)25(17)18(20(22)29)19(11)31-14-7-13(23-8-14)9-24-5-6-26(3,4)10-15(24)28/h11-14,16-17,23,27H,5-10H2,1-4H3/q+1/t11-,12-,13+,14+,16-,17-/m1/s1. The number of carbonyl (C=O) groups excluding carboxylic acids is 3. The summed E-state index contributed by atoms with van der Waals surface area (Å²) in [5.74, 6) is -0.550. The third-order valence-electron chi connectivity index (χ3n) is 7.10. The van der Waals surface area contributed by atoms with Gasteiger partial charge in [0.2, 0.25) is 5.91 Å². The van der Waals surface area contributed by atoms with Crippen molar-refractivity contribution in [2.45, 2.75) is 43.7 Å². The highest BCUT2D eigenvalue weighted by Crippen LogP contribution is 2.52. The zero-order valence-electron chi connectivity index (χ0n) is 18.5. The molecule has 0 spiro atoms. The van der Waals surface area contributed by atoms with Gasteiger partial charge >= 0.3 is 0 Å². The SMILES string of the molecule is C[C@@H](O)[C@H]1C(=O)N2C(C(=O)Cl)=C(S[C@@H]3CN[C@H](CN4CC[N+](C)(C)CC4=O)C3)[C@H](C)[C@H]12. The molecule has 0 bridgehead atoms. The fraction of sp³-hybridized carbons (Fsp3) is 0.762. The number of thioether (sulfide) groups is 1. The Labute approximate surface area is 192 Å². The number of fused-ring (bicyclic) bond motifs is 1. The number of nitrogens with one attached hydrogen (secondary N) is 1. The number of likely N-dealkylation sites (N-methyl/N-ethyl adjacent to an activating group) is 1. The van der Waals surface area contributed by atoms with E-state index in [-0.39, 0.29) is 35.1 Å². The lowest BCUT2D eigenvalue weighted by Gasteiger charge is -2.46. The number of allylic oxidation sites excluding steroid dienone is 1. The fourth-order valence-corrected chi connectivity index (χ4v) is 7.15. The van der Waals surface area contributed by atoms with Crippen LogP contribution >= 0.6 is 23.4 Å². The monoisotopic (exact) mass is 471 g/mol. The number of hydrogen-bond donors (Lipinski definition) is 2.